The molecule has 7 nitrogen and oxygen atoms in total. The lowest BCUT2D eigenvalue weighted by Crippen LogP contribution is -2.41. The molecule has 8 heteroatoms. The number of fused-ring (bicyclic) bond motifs is 1. The molecule has 4 aromatic rings. The summed E-state index contributed by atoms with van der Waals surface area (Å²) in [6.45, 7) is 2.36. The van der Waals surface area contributed by atoms with Gasteiger partial charge in [-0.1, -0.05) is 29.8 Å². The van der Waals surface area contributed by atoms with Gasteiger partial charge in [0, 0.05) is 17.1 Å². The lowest BCUT2D eigenvalue weighted by molar-refractivity contribution is -0.132. The molecular formula is C30H29ClN2O5. The van der Waals surface area contributed by atoms with Crippen molar-refractivity contribution in [1.29, 1.82) is 0 Å². The predicted molar refractivity (Wildman–Crippen MR) is 145 cm³/mol. The monoisotopic (exact) mass is 532 g/mol. The van der Waals surface area contributed by atoms with E-state index in [1.165, 1.54) is 0 Å². The van der Waals surface area contributed by atoms with Crippen molar-refractivity contribution in [3.63, 3.8) is 0 Å². The summed E-state index contributed by atoms with van der Waals surface area (Å²) in [5.74, 6) is 3.03. The third-order valence-corrected chi connectivity index (χ3v) is 7.29. The minimum atomic E-state index is -0.381. The van der Waals surface area contributed by atoms with Crippen molar-refractivity contribution in [1.82, 2.24) is 9.88 Å². The number of oxazole rings is 1. The molecule has 1 aliphatic rings. The number of carbonyl (C=O) groups excluding carboxylic acids is 1. The number of hydrogen-bond acceptors (Lipinski definition) is 6. The van der Waals surface area contributed by atoms with Crippen LogP contribution >= 0.6 is 11.6 Å². The first-order valence-electron chi connectivity index (χ1n) is 12.3. The molecule has 0 fully saturated rings. The number of aryl methyl sites for hydroxylation is 1. The van der Waals surface area contributed by atoms with E-state index < -0.39 is 0 Å². The molecule has 0 saturated heterocycles. The maximum Gasteiger partial charge on any atom is 0.229 e. The van der Waals surface area contributed by atoms with Crippen LogP contribution in [-0.2, 0) is 17.6 Å². The summed E-state index contributed by atoms with van der Waals surface area (Å²) in [6, 6.07) is 18.6. The zero-order valence-corrected chi connectivity index (χ0v) is 22.5. The van der Waals surface area contributed by atoms with Crippen LogP contribution in [0.3, 0.4) is 0 Å². The van der Waals surface area contributed by atoms with E-state index in [0.29, 0.717) is 46.8 Å². The second-order valence-corrected chi connectivity index (χ2v) is 9.50. The van der Waals surface area contributed by atoms with Gasteiger partial charge in [0.25, 0.3) is 0 Å². The maximum atomic E-state index is 13.9. The SMILES string of the molecule is COc1ccc(-c2nc(CC(=O)N3CCc4cc(OC)c(OC)cc4[C@@H]3c3ccccc3Cl)c(C)o2)cc1. The van der Waals surface area contributed by atoms with Gasteiger partial charge in [-0.3, -0.25) is 4.79 Å². The first-order valence-corrected chi connectivity index (χ1v) is 12.7. The van der Waals surface area contributed by atoms with E-state index in [4.69, 9.17) is 30.2 Å². The Labute approximate surface area is 226 Å². The van der Waals surface area contributed by atoms with Gasteiger partial charge in [0.2, 0.25) is 11.8 Å². The molecule has 1 aliphatic heterocycles. The molecule has 196 valence electrons. The van der Waals surface area contributed by atoms with Crippen molar-refractivity contribution >= 4 is 17.5 Å². The maximum absolute atomic E-state index is 13.9. The molecule has 1 aromatic heterocycles. The van der Waals surface area contributed by atoms with Crippen molar-refractivity contribution in [2.24, 2.45) is 0 Å². The van der Waals surface area contributed by atoms with Crippen molar-refractivity contribution in [3.05, 3.63) is 93.8 Å². The molecular weight excluding hydrogens is 504 g/mol. The number of halogens is 1. The Balaban J connectivity index is 1.49. The number of hydrogen-bond donors (Lipinski definition) is 0. The Morgan fingerprint density at radius 2 is 1.71 bits per heavy atom. The summed E-state index contributed by atoms with van der Waals surface area (Å²) in [5.41, 5.74) is 4.33. The molecule has 0 aliphatic carbocycles. The van der Waals surface area contributed by atoms with E-state index in [9.17, 15) is 4.79 Å². The molecule has 1 amide bonds. The van der Waals surface area contributed by atoms with Gasteiger partial charge in [-0.2, -0.15) is 0 Å². The number of amides is 1. The second-order valence-electron chi connectivity index (χ2n) is 9.09. The van der Waals surface area contributed by atoms with Crippen LogP contribution in [0.5, 0.6) is 17.2 Å². The van der Waals surface area contributed by atoms with Gasteiger partial charge in [0.1, 0.15) is 11.5 Å². The number of carbonyl (C=O) groups is 1. The highest BCUT2D eigenvalue weighted by molar-refractivity contribution is 6.31. The van der Waals surface area contributed by atoms with Crippen LogP contribution in [0.2, 0.25) is 5.02 Å². The van der Waals surface area contributed by atoms with E-state index in [-0.39, 0.29) is 18.4 Å². The lowest BCUT2D eigenvalue weighted by Gasteiger charge is -2.38. The third kappa shape index (κ3) is 4.82. The number of methoxy groups -OCH3 is 3. The zero-order chi connectivity index (χ0) is 26.8. The van der Waals surface area contributed by atoms with Crippen molar-refractivity contribution in [3.8, 4) is 28.7 Å². The van der Waals surface area contributed by atoms with E-state index in [1.807, 2.05) is 72.5 Å². The average molecular weight is 533 g/mol. The Kier molecular flexibility index (Phi) is 7.29. The quantitative estimate of drug-likeness (QED) is 0.288. The lowest BCUT2D eigenvalue weighted by atomic mass is 9.87. The minimum Gasteiger partial charge on any atom is -0.497 e. The summed E-state index contributed by atoms with van der Waals surface area (Å²) in [6.07, 6.45) is 0.784. The molecule has 0 unspecified atom stereocenters. The standard InChI is InChI=1S/C30H29ClN2O5/c1-18-25(32-30(38-18)19-9-11-21(35-2)12-10-19)17-28(34)33-14-13-20-15-26(36-3)27(37-4)16-23(20)29(33)22-7-5-6-8-24(22)31/h5-12,15-16,29H,13-14,17H2,1-4H3/t29-/m0/s1. The van der Waals surface area contributed by atoms with E-state index in [1.54, 1.807) is 21.3 Å². The molecule has 1 atom stereocenters. The van der Waals surface area contributed by atoms with Gasteiger partial charge < -0.3 is 23.5 Å². The largest absolute Gasteiger partial charge is 0.497 e. The van der Waals surface area contributed by atoms with Crippen LogP contribution in [-0.4, -0.2) is 43.7 Å². The Morgan fingerprint density at radius 3 is 2.39 bits per heavy atom. The highest BCUT2D eigenvalue weighted by atomic mass is 35.5. The molecule has 2 heterocycles. The van der Waals surface area contributed by atoms with Crippen molar-refractivity contribution < 1.29 is 23.4 Å². The number of aromatic nitrogens is 1. The number of nitrogens with zero attached hydrogens (tertiary/aromatic N) is 2. The second kappa shape index (κ2) is 10.8. The fraction of sp³-hybridized carbons (Fsp3) is 0.267. The average Bonchev–Trinajstić information content (AvgIpc) is 3.31. The summed E-state index contributed by atoms with van der Waals surface area (Å²) < 4.78 is 22.3. The van der Waals surface area contributed by atoms with Crippen molar-refractivity contribution in [2.45, 2.75) is 25.8 Å². The molecule has 0 spiro atoms. The van der Waals surface area contributed by atoms with Gasteiger partial charge in [-0.25, -0.2) is 4.98 Å². The fourth-order valence-corrected chi connectivity index (χ4v) is 5.18. The van der Waals surface area contributed by atoms with Gasteiger partial charge in [-0.15, -0.1) is 0 Å². The van der Waals surface area contributed by atoms with Crippen LogP contribution in [0, 0.1) is 6.92 Å². The normalized spacial score (nSPS) is 14.7. The van der Waals surface area contributed by atoms with Crippen LogP contribution in [0.1, 0.15) is 34.2 Å². The molecule has 0 bridgehead atoms. The van der Waals surface area contributed by atoms with Gasteiger partial charge in [-0.05, 0) is 72.5 Å². The van der Waals surface area contributed by atoms with E-state index in [2.05, 4.69) is 4.98 Å². The molecule has 0 radical (unpaired) electrons. The molecule has 0 N–H and O–H groups in total. The Bertz CT molecular complexity index is 1460. The highest BCUT2D eigenvalue weighted by Crippen LogP contribution is 2.43. The molecule has 3 aromatic carbocycles. The first-order chi connectivity index (χ1) is 18.4. The smallest absolute Gasteiger partial charge is 0.229 e. The topological polar surface area (TPSA) is 74.0 Å². The highest BCUT2D eigenvalue weighted by Gasteiger charge is 2.35. The zero-order valence-electron chi connectivity index (χ0n) is 21.8. The summed E-state index contributed by atoms with van der Waals surface area (Å²) in [7, 11) is 4.85. The molecule has 38 heavy (non-hydrogen) atoms. The Hall–Kier alpha value is -3.97. The van der Waals surface area contributed by atoms with Gasteiger partial charge in [0.15, 0.2) is 11.5 Å². The van der Waals surface area contributed by atoms with Crippen molar-refractivity contribution in [2.75, 3.05) is 27.9 Å². The van der Waals surface area contributed by atoms with Crippen LogP contribution < -0.4 is 14.2 Å². The number of ether oxygens (including phenoxy) is 3. The van der Waals surface area contributed by atoms with Crippen LogP contribution in [0.4, 0.5) is 0 Å². The van der Waals surface area contributed by atoms with Gasteiger partial charge in [0.05, 0.1) is 39.5 Å². The van der Waals surface area contributed by atoms with Gasteiger partial charge >= 0.3 is 0 Å². The third-order valence-electron chi connectivity index (χ3n) is 6.94. The van der Waals surface area contributed by atoms with Crippen LogP contribution in [0.25, 0.3) is 11.5 Å². The Morgan fingerprint density at radius 1 is 1.00 bits per heavy atom. The first kappa shape index (κ1) is 25.7. The minimum absolute atomic E-state index is 0.0620. The summed E-state index contributed by atoms with van der Waals surface area (Å²) in [5, 5.41) is 0.595. The molecule has 0 saturated carbocycles. The summed E-state index contributed by atoms with van der Waals surface area (Å²) in [4.78, 5) is 20.4. The fourth-order valence-electron chi connectivity index (χ4n) is 4.94. The summed E-state index contributed by atoms with van der Waals surface area (Å²) >= 11 is 6.67. The number of rotatable bonds is 7. The number of benzene rings is 3. The molecule has 5 rings (SSSR count). The van der Waals surface area contributed by atoms with Crippen LogP contribution in [0.15, 0.2) is 65.1 Å². The van der Waals surface area contributed by atoms with E-state index >= 15 is 0 Å². The van der Waals surface area contributed by atoms with E-state index in [0.717, 1.165) is 28.0 Å². The predicted octanol–water partition coefficient (Wildman–Crippen LogP) is 6.05.